The normalized spacial score (nSPS) is 13.9. The Balaban J connectivity index is 0.00000370. The number of halogens is 1. The van der Waals surface area contributed by atoms with E-state index in [1.54, 1.807) is 4.90 Å². The zero-order valence-electron chi connectivity index (χ0n) is 22.9. The number of fused-ring (bicyclic) bond motifs is 1. The van der Waals surface area contributed by atoms with Crippen molar-refractivity contribution in [3.05, 3.63) is 107 Å². The first-order valence-corrected chi connectivity index (χ1v) is 14.1. The van der Waals surface area contributed by atoms with Crippen LogP contribution < -0.4 is 5.69 Å². The predicted molar refractivity (Wildman–Crippen MR) is 162 cm³/mol. The molecule has 1 aliphatic heterocycles. The smallest absolute Gasteiger partial charge is 0.409 e. The van der Waals surface area contributed by atoms with Crippen molar-refractivity contribution >= 4 is 29.5 Å². The molecule has 1 amide bonds. The Kier molecular flexibility index (Phi) is 10.8. The minimum Gasteiger partial charge on any atom is -0.449 e. The standard InChI is InChI=1S/C32H38N4O3.ClH/c37-31-33-29-16-7-8-17-30(29)36(31)28-18-22-35(23-19-28)32(38)39-24-10-21-34(25-27-13-5-2-6-14-27)20-9-15-26-11-3-1-4-12-26;/h1-8,11-14,16-17,28H,9-10,15,18-25H2,(H,33,37);1H. The lowest BCUT2D eigenvalue weighted by Gasteiger charge is -2.32. The summed E-state index contributed by atoms with van der Waals surface area (Å²) < 4.78 is 7.51. The van der Waals surface area contributed by atoms with Crippen LogP contribution in [0.4, 0.5) is 4.79 Å². The second-order valence-electron chi connectivity index (χ2n) is 10.4. The van der Waals surface area contributed by atoms with E-state index >= 15 is 0 Å². The molecule has 8 heteroatoms. The number of hydrogen-bond acceptors (Lipinski definition) is 4. The first kappa shape index (κ1) is 29.4. The van der Waals surface area contributed by atoms with Crippen LogP contribution in [-0.2, 0) is 17.7 Å². The van der Waals surface area contributed by atoms with Crippen LogP contribution in [0.1, 0.15) is 42.9 Å². The highest BCUT2D eigenvalue weighted by Crippen LogP contribution is 2.25. The number of carbonyl (C=O) groups excluding carboxylic acids is 1. The molecule has 0 spiro atoms. The van der Waals surface area contributed by atoms with E-state index < -0.39 is 0 Å². The van der Waals surface area contributed by atoms with E-state index in [0.717, 1.165) is 62.8 Å². The molecule has 0 saturated carbocycles. The molecule has 0 radical (unpaired) electrons. The molecule has 0 unspecified atom stereocenters. The number of likely N-dealkylation sites (tertiary alicyclic amines) is 1. The summed E-state index contributed by atoms with van der Waals surface area (Å²) >= 11 is 0. The number of ether oxygens (including phenoxy) is 1. The predicted octanol–water partition coefficient (Wildman–Crippen LogP) is 6.05. The summed E-state index contributed by atoms with van der Waals surface area (Å²) in [6.07, 6.45) is 4.17. The van der Waals surface area contributed by atoms with Gasteiger partial charge in [0.1, 0.15) is 0 Å². The van der Waals surface area contributed by atoms with Crippen LogP contribution in [0.25, 0.3) is 11.0 Å². The molecule has 2 heterocycles. The molecule has 7 nitrogen and oxygen atoms in total. The number of para-hydroxylation sites is 2. The third-order valence-corrected chi connectivity index (χ3v) is 7.59. The number of aromatic amines is 1. The molecule has 3 aromatic carbocycles. The van der Waals surface area contributed by atoms with Crippen LogP contribution in [0.15, 0.2) is 89.7 Å². The lowest BCUT2D eigenvalue weighted by Crippen LogP contribution is -2.41. The fourth-order valence-corrected chi connectivity index (χ4v) is 5.55. The fraction of sp³-hybridized carbons (Fsp3) is 0.375. The molecule has 5 rings (SSSR count). The third kappa shape index (κ3) is 7.77. The van der Waals surface area contributed by atoms with Gasteiger partial charge in [0, 0.05) is 32.2 Å². The Hall–Kier alpha value is -3.55. The second kappa shape index (κ2) is 14.7. The van der Waals surface area contributed by atoms with Crippen molar-refractivity contribution in [3.8, 4) is 0 Å². The molecule has 1 saturated heterocycles. The lowest BCUT2D eigenvalue weighted by atomic mass is 10.0. The Morgan fingerprint density at radius 2 is 1.48 bits per heavy atom. The maximum absolute atomic E-state index is 12.8. The Bertz CT molecular complexity index is 1380. The van der Waals surface area contributed by atoms with Gasteiger partial charge >= 0.3 is 11.8 Å². The minimum atomic E-state index is -0.251. The van der Waals surface area contributed by atoms with Gasteiger partial charge < -0.3 is 14.6 Å². The van der Waals surface area contributed by atoms with Crippen LogP contribution in [0.5, 0.6) is 0 Å². The van der Waals surface area contributed by atoms with E-state index in [-0.39, 0.29) is 30.2 Å². The number of nitrogens with one attached hydrogen (secondary N) is 1. The fourth-order valence-electron chi connectivity index (χ4n) is 5.55. The van der Waals surface area contributed by atoms with Gasteiger partial charge in [0.25, 0.3) is 0 Å². The van der Waals surface area contributed by atoms with Crippen LogP contribution in [-0.4, -0.2) is 58.2 Å². The number of aryl methyl sites for hydroxylation is 1. The van der Waals surface area contributed by atoms with Crippen molar-refractivity contribution in [2.24, 2.45) is 0 Å². The topological polar surface area (TPSA) is 70.6 Å². The molecule has 212 valence electrons. The van der Waals surface area contributed by atoms with Crippen molar-refractivity contribution in [1.29, 1.82) is 0 Å². The number of benzene rings is 3. The molecule has 1 fully saturated rings. The van der Waals surface area contributed by atoms with Gasteiger partial charge in [-0.1, -0.05) is 72.8 Å². The first-order chi connectivity index (χ1) is 19.2. The van der Waals surface area contributed by atoms with E-state index in [9.17, 15) is 9.59 Å². The summed E-state index contributed by atoms with van der Waals surface area (Å²) in [6.45, 7) is 4.36. The van der Waals surface area contributed by atoms with Crippen molar-refractivity contribution in [3.63, 3.8) is 0 Å². The van der Waals surface area contributed by atoms with Gasteiger partial charge in [-0.3, -0.25) is 9.47 Å². The zero-order valence-corrected chi connectivity index (χ0v) is 23.7. The van der Waals surface area contributed by atoms with Gasteiger partial charge in [0.15, 0.2) is 0 Å². The van der Waals surface area contributed by atoms with E-state index in [0.29, 0.717) is 19.7 Å². The summed E-state index contributed by atoms with van der Waals surface area (Å²) in [6, 6.07) is 29.0. The molecule has 4 aromatic rings. The number of imidazole rings is 1. The highest BCUT2D eigenvalue weighted by Gasteiger charge is 2.26. The Morgan fingerprint density at radius 1 is 0.850 bits per heavy atom. The number of H-pyrrole nitrogens is 1. The number of rotatable bonds is 11. The summed E-state index contributed by atoms with van der Waals surface area (Å²) in [4.78, 5) is 32.5. The molecule has 0 aliphatic carbocycles. The summed E-state index contributed by atoms with van der Waals surface area (Å²) in [5.41, 5.74) is 4.36. The first-order valence-electron chi connectivity index (χ1n) is 14.1. The van der Waals surface area contributed by atoms with Crippen molar-refractivity contribution in [2.75, 3.05) is 32.8 Å². The average Bonchev–Trinajstić information content (AvgIpc) is 3.32. The number of piperidine rings is 1. The number of hydrogen-bond donors (Lipinski definition) is 1. The van der Waals surface area contributed by atoms with Crippen molar-refractivity contribution in [1.82, 2.24) is 19.4 Å². The molecule has 1 aliphatic rings. The monoisotopic (exact) mass is 562 g/mol. The summed E-state index contributed by atoms with van der Waals surface area (Å²) in [5.74, 6) is 0. The molecule has 0 atom stereocenters. The van der Waals surface area contributed by atoms with Gasteiger partial charge in [-0.15, -0.1) is 12.4 Å². The molecular weight excluding hydrogens is 524 g/mol. The molecular formula is C32H39ClN4O3. The second-order valence-corrected chi connectivity index (χ2v) is 10.4. The van der Waals surface area contributed by atoms with Crippen molar-refractivity contribution in [2.45, 2.75) is 44.7 Å². The van der Waals surface area contributed by atoms with E-state index in [1.807, 2.05) is 34.9 Å². The number of amides is 1. The van der Waals surface area contributed by atoms with Crippen molar-refractivity contribution < 1.29 is 9.53 Å². The zero-order chi connectivity index (χ0) is 26.9. The minimum absolute atomic E-state index is 0. The van der Waals surface area contributed by atoms with Crippen LogP contribution in [0.2, 0.25) is 0 Å². The highest BCUT2D eigenvalue weighted by atomic mass is 35.5. The maximum atomic E-state index is 12.8. The van der Waals surface area contributed by atoms with E-state index in [4.69, 9.17) is 4.74 Å². The number of carbonyl (C=O) groups is 1. The van der Waals surface area contributed by atoms with Crippen LogP contribution in [0, 0.1) is 0 Å². The number of aromatic nitrogens is 2. The summed E-state index contributed by atoms with van der Waals surface area (Å²) in [5, 5.41) is 0. The van der Waals surface area contributed by atoms with Crippen LogP contribution >= 0.6 is 12.4 Å². The van der Waals surface area contributed by atoms with Gasteiger partial charge in [-0.2, -0.15) is 0 Å². The summed E-state index contributed by atoms with van der Waals surface area (Å²) in [7, 11) is 0. The lowest BCUT2D eigenvalue weighted by molar-refractivity contribution is 0.0843. The average molecular weight is 563 g/mol. The quantitative estimate of drug-likeness (QED) is 0.226. The molecule has 1 N–H and O–H groups in total. The SMILES string of the molecule is Cl.O=C(OCCCN(CCCc1ccccc1)Cc1ccccc1)N1CCC(n2c(=O)[nH]c3ccccc32)CC1. The molecule has 1 aromatic heterocycles. The van der Waals surface area contributed by atoms with Gasteiger partial charge in [0.05, 0.1) is 17.6 Å². The highest BCUT2D eigenvalue weighted by molar-refractivity contribution is 5.85. The van der Waals surface area contributed by atoms with Gasteiger partial charge in [0.2, 0.25) is 0 Å². The number of nitrogens with zero attached hydrogens (tertiary/aromatic N) is 3. The molecule has 0 bridgehead atoms. The van der Waals surface area contributed by atoms with Crippen LogP contribution in [0.3, 0.4) is 0 Å². The van der Waals surface area contributed by atoms with E-state index in [2.05, 4.69) is 64.5 Å². The Labute approximate surface area is 242 Å². The van der Waals surface area contributed by atoms with Gasteiger partial charge in [-0.05, 0) is 61.9 Å². The maximum Gasteiger partial charge on any atom is 0.409 e. The molecule has 40 heavy (non-hydrogen) atoms. The van der Waals surface area contributed by atoms with E-state index in [1.165, 1.54) is 11.1 Å². The Morgan fingerprint density at radius 3 is 2.20 bits per heavy atom. The third-order valence-electron chi connectivity index (χ3n) is 7.59. The largest absolute Gasteiger partial charge is 0.449 e. The van der Waals surface area contributed by atoms with Gasteiger partial charge in [-0.25, -0.2) is 9.59 Å².